The van der Waals surface area contributed by atoms with Crippen LogP contribution in [0.5, 0.6) is 0 Å². The maximum Gasteiger partial charge on any atom is 0.229 e. The van der Waals surface area contributed by atoms with Gasteiger partial charge < -0.3 is 0 Å². The number of hydrogen-bond acceptors (Lipinski definition) is 3. The molecule has 14 heavy (non-hydrogen) atoms. The van der Waals surface area contributed by atoms with Crippen LogP contribution in [0.4, 0.5) is 10.1 Å². The number of nitrogens with zero attached hydrogens (tertiary/aromatic N) is 1. The molecule has 1 rings (SSSR count). The number of sulfonamides is 1. The van der Waals surface area contributed by atoms with Gasteiger partial charge in [-0.3, -0.25) is 4.72 Å². The minimum Gasteiger partial charge on any atom is -0.282 e. The number of nitriles is 1. The molecule has 0 saturated heterocycles. The Morgan fingerprint density at radius 1 is 1.50 bits per heavy atom. The Balaban J connectivity index is 3.24. The number of benzene rings is 1. The molecule has 0 atom stereocenters. The van der Waals surface area contributed by atoms with Crippen molar-refractivity contribution in [1.82, 2.24) is 0 Å². The van der Waals surface area contributed by atoms with Crippen molar-refractivity contribution in [3.63, 3.8) is 0 Å². The molecule has 74 valence electrons. The zero-order valence-corrected chi connectivity index (χ0v) is 8.10. The standard InChI is InChI=1S/C8H7FN2O2S/c1-14(12,13)11-8-4-2-3-7(9)6(8)5-10/h2-4,11H,1H3. The second-order valence-electron chi connectivity index (χ2n) is 2.65. The summed E-state index contributed by atoms with van der Waals surface area (Å²) in [5.41, 5.74) is -0.354. The Bertz CT molecular complexity index is 491. The molecular weight excluding hydrogens is 207 g/mol. The van der Waals surface area contributed by atoms with E-state index >= 15 is 0 Å². The molecule has 0 bridgehead atoms. The Kier molecular flexibility index (Phi) is 2.72. The van der Waals surface area contributed by atoms with Crippen LogP contribution in [0, 0.1) is 17.1 Å². The van der Waals surface area contributed by atoms with Gasteiger partial charge in [-0.1, -0.05) is 6.07 Å². The molecule has 0 unspecified atom stereocenters. The van der Waals surface area contributed by atoms with Crippen LogP contribution in [-0.2, 0) is 10.0 Å². The number of hydrogen-bond donors (Lipinski definition) is 1. The number of anilines is 1. The topological polar surface area (TPSA) is 70.0 Å². The first-order valence-corrected chi connectivity index (χ1v) is 5.49. The van der Waals surface area contributed by atoms with Gasteiger partial charge >= 0.3 is 0 Å². The first kappa shape index (κ1) is 10.5. The normalized spacial score (nSPS) is 10.6. The first-order valence-electron chi connectivity index (χ1n) is 3.60. The molecule has 4 nitrogen and oxygen atoms in total. The lowest BCUT2D eigenvalue weighted by atomic mass is 10.2. The fourth-order valence-corrected chi connectivity index (χ4v) is 1.49. The Hall–Kier alpha value is -1.61. The third-order valence-electron chi connectivity index (χ3n) is 1.42. The lowest BCUT2D eigenvalue weighted by Crippen LogP contribution is -2.11. The second-order valence-corrected chi connectivity index (χ2v) is 4.40. The third kappa shape index (κ3) is 2.44. The Morgan fingerprint density at radius 2 is 2.14 bits per heavy atom. The van der Waals surface area contributed by atoms with Crippen LogP contribution in [0.25, 0.3) is 0 Å². The highest BCUT2D eigenvalue weighted by Crippen LogP contribution is 2.18. The maximum absolute atomic E-state index is 13.0. The highest BCUT2D eigenvalue weighted by molar-refractivity contribution is 7.92. The van der Waals surface area contributed by atoms with Gasteiger partial charge in [0.15, 0.2) is 0 Å². The van der Waals surface area contributed by atoms with Gasteiger partial charge in [-0.15, -0.1) is 0 Å². The average Bonchev–Trinajstić information content (AvgIpc) is 2.01. The molecule has 0 aliphatic carbocycles. The molecule has 0 fully saturated rings. The quantitative estimate of drug-likeness (QED) is 0.800. The smallest absolute Gasteiger partial charge is 0.229 e. The molecule has 0 aliphatic heterocycles. The van der Waals surface area contributed by atoms with Crippen LogP contribution in [0.2, 0.25) is 0 Å². The molecule has 0 spiro atoms. The predicted molar refractivity (Wildman–Crippen MR) is 49.6 cm³/mol. The van der Waals surface area contributed by atoms with Gasteiger partial charge in [0, 0.05) is 0 Å². The van der Waals surface area contributed by atoms with Crippen LogP contribution in [-0.4, -0.2) is 14.7 Å². The van der Waals surface area contributed by atoms with Crippen LogP contribution >= 0.6 is 0 Å². The lowest BCUT2D eigenvalue weighted by molar-refractivity contribution is 0.606. The molecule has 0 radical (unpaired) electrons. The zero-order chi connectivity index (χ0) is 10.8. The molecule has 0 aromatic heterocycles. The van der Waals surface area contributed by atoms with Gasteiger partial charge in [0.1, 0.15) is 17.4 Å². The van der Waals surface area contributed by atoms with Crippen molar-refractivity contribution in [2.24, 2.45) is 0 Å². The van der Waals surface area contributed by atoms with Gasteiger partial charge in [-0.2, -0.15) is 5.26 Å². The van der Waals surface area contributed by atoms with E-state index in [2.05, 4.69) is 4.72 Å². The molecule has 0 aliphatic rings. The summed E-state index contributed by atoms with van der Waals surface area (Å²) < 4.78 is 36.7. The summed E-state index contributed by atoms with van der Waals surface area (Å²) in [6, 6.07) is 5.32. The summed E-state index contributed by atoms with van der Waals surface area (Å²) in [6.07, 6.45) is 0.930. The summed E-state index contributed by atoms with van der Waals surface area (Å²) in [6.45, 7) is 0. The van der Waals surface area contributed by atoms with E-state index in [4.69, 9.17) is 5.26 Å². The van der Waals surface area contributed by atoms with E-state index in [9.17, 15) is 12.8 Å². The summed E-state index contributed by atoms with van der Waals surface area (Å²) in [7, 11) is -3.49. The van der Waals surface area contributed by atoms with E-state index in [1.165, 1.54) is 12.1 Å². The fraction of sp³-hybridized carbons (Fsp3) is 0.125. The van der Waals surface area contributed by atoms with Gasteiger partial charge in [0.05, 0.1) is 11.9 Å². The minimum atomic E-state index is -3.49. The molecule has 1 aromatic carbocycles. The van der Waals surface area contributed by atoms with Crippen molar-refractivity contribution in [2.75, 3.05) is 11.0 Å². The molecule has 6 heteroatoms. The van der Waals surface area contributed by atoms with Gasteiger partial charge in [-0.25, -0.2) is 12.8 Å². The summed E-state index contributed by atoms with van der Waals surface area (Å²) in [4.78, 5) is 0. The van der Waals surface area contributed by atoms with Crippen molar-refractivity contribution >= 4 is 15.7 Å². The number of nitrogens with one attached hydrogen (secondary N) is 1. The van der Waals surface area contributed by atoms with E-state index in [-0.39, 0.29) is 11.3 Å². The van der Waals surface area contributed by atoms with E-state index < -0.39 is 15.8 Å². The molecule has 1 aromatic rings. The van der Waals surface area contributed by atoms with E-state index in [0.29, 0.717) is 0 Å². The van der Waals surface area contributed by atoms with Crippen LogP contribution in [0.15, 0.2) is 18.2 Å². The first-order chi connectivity index (χ1) is 6.44. The Morgan fingerprint density at radius 3 is 2.64 bits per heavy atom. The zero-order valence-electron chi connectivity index (χ0n) is 7.28. The van der Waals surface area contributed by atoms with Gasteiger partial charge in [0.25, 0.3) is 0 Å². The van der Waals surface area contributed by atoms with Gasteiger partial charge in [0.2, 0.25) is 10.0 Å². The van der Waals surface area contributed by atoms with Crippen molar-refractivity contribution < 1.29 is 12.8 Å². The number of rotatable bonds is 2. The van der Waals surface area contributed by atoms with Crippen LogP contribution in [0.3, 0.4) is 0 Å². The highest BCUT2D eigenvalue weighted by Gasteiger charge is 2.10. The van der Waals surface area contributed by atoms with Crippen molar-refractivity contribution in [2.45, 2.75) is 0 Å². The van der Waals surface area contributed by atoms with E-state index in [0.717, 1.165) is 12.3 Å². The largest absolute Gasteiger partial charge is 0.282 e. The SMILES string of the molecule is CS(=O)(=O)Nc1cccc(F)c1C#N. The van der Waals surface area contributed by atoms with Crippen LogP contribution < -0.4 is 4.72 Å². The summed E-state index contributed by atoms with van der Waals surface area (Å²) >= 11 is 0. The molecule has 0 amide bonds. The van der Waals surface area contributed by atoms with Crippen molar-refractivity contribution in [3.8, 4) is 6.07 Å². The Labute approximate surface area is 81.0 Å². The molecule has 0 saturated carbocycles. The van der Waals surface area contributed by atoms with E-state index in [1.807, 2.05) is 0 Å². The fourth-order valence-electron chi connectivity index (χ4n) is 0.923. The third-order valence-corrected chi connectivity index (χ3v) is 2.01. The van der Waals surface area contributed by atoms with Crippen molar-refractivity contribution in [1.29, 1.82) is 5.26 Å². The second kappa shape index (κ2) is 3.64. The van der Waals surface area contributed by atoms with Gasteiger partial charge in [-0.05, 0) is 12.1 Å². The summed E-state index contributed by atoms with van der Waals surface area (Å²) in [5, 5.41) is 8.57. The lowest BCUT2D eigenvalue weighted by Gasteiger charge is -2.05. The van der Waals surface area contributed by atoms with Crippen molar-refractivity contribution in [3.05, 3.63) is 29.6 Å². The number of halogens is 1. The monoisotopic (exact) mass is 214 g/mol. The maximum atomic E-state index is 13.0. The highest BCUT2D eigenvalue weighted by atomic mass is 32.2. The average molecular weight is 214 g/mol. The van der Waals surface area contributed by atoms with E-state index in [1.54, 1.807) is 6.07 Å². The molecular formula is C8H7FN2O2S. The molecule has 0 heterocycles. The predicted octanol–water partition coefficient (Wildman–Crippen LogP) is 1.07. The van der Waals surface area contributed by atoms with Crippen LogP contribution in [0.1, 0.15) is 5.56 Å². The minimum absolute atomic E-state index is 0.0463. The molecule has 1 N–H and O–H groups in total. The summed E-state index contributed by atoms with van der Waals surface area (Å²) in [5.74, 6) is -0.749.